The number of likely N-dealkylation sites (N-methyl/N-ethyl adjacent to an activating group) is 1. The first-order chi connectivity index (χ1) is 38.6. The number of aliphatic hydroxyl groups is 2. The SMILES string of the molecule is C=C(O)CCCCCCn1c2nc(=O)[nH]c(=O)c-2nc2cc(C)ccc21.C=C(O)CCCN(C)CCn1c2nc(=O)[nH]c(=O)c-2nc2cc(C)c(C)cc21.C=c1nc2c(c(=O)[nH]1)=Nc1cc(C)c(Cl)cc1N2CCCCCCC(=O)O. The van der Waals surface area contributed by atoms with Crippen LogP contribution in [-0.2, 0) is 17.9 Å². The summed E-state index contributed by atoms with van der Waals surface area (Å²) in [5.74, 6) is 0.715. The monoisotopic (exact) mass is 1130 g/mol. The topological polar surface area (TPSA) is 304 Å². The Labute approximate surface area is 470 Å². The molecule has 0 bridgehead atoms. The fourth-order valence-electron chi connectivity index (χ4n) is 9.41. The third-order valence-corrected chi connectivity index (χ3v) is 14.2. The predicted octanol–water partition coefficient (Wildman–Crippen LogP) is 7.48. The number of carboxylic acids is 1. The van der Waals surface area contributed by atoms with Gasteiger partial charge < -0.3 is 39.2 Å². The molecule has 0 atom stereocenters. The lowest BCUT2D eigenvalue weighted by molar-refractivity contribution is -0.137. The van der Waals surface area contributed by atoms with Gasteiger partial charge in [0.05, 0.1) is 45.0 Å². The van der Waals surface area contributed by atoms with Gasteiger partial charge in [0, 0.05) is 50.5 Å². The Balaban J connectivity index is 0.000000175. The summed E-state index contributed by atoms with van der Waals surface area (Å²) in [7, 11) is 1.99. The second kappa shape index (κ2) is 27.0. The van der Waals surface area contributed by atoms with E-state index >= 15 is 0 Å². The van der Waals surface area contributed by atoms with Crippen LogP contribution in [-0.4, -0.2) is 102 Å². The minimum Gasteiger partial charge on any atom is -0.513 e. The molecule has 9 rings (SSSR count). The maximum atomic E-state index is 12.3. The Kier molecular flexibility index (Phi) is 20.0. The Morgan fingerprint density at radius 2 is 1.17 bits per heavy atom. The van der Waals surface area contributed by atoms with Crippen LogP contribution in [0.2, 0.25) is 5.02 Å². The molecule has 0 aliphatic carbocycles. The molecule has 0 fully saturated rings. The fraction of sp³-hybridized carbons (Fsp3) is 0.379. The number of nitrogens with one attached hydrogen (secondary N) is 3. The predicted molar refractivity (Wildman–Crippen MR) is 314 cm³/mol. The number of nitrogens with zero attached hydrogens (tertiary/aromatic N) is 10. The lowest BCUT2D eigenvalue weighted by Crippen LogP contribution is -2.42. The van der Waals surface area contributed by atoms with E-state index < -0.39 is 28.5 Å². The van der Waals surface area contributed by atoms with E-state index in [1.807, 2.05) is 91.2 Å². The number of H-pyrrole nitrogens is 3. The van der Waals surface area contributed by atoms with E-state index in [-0.39, 0.29) is 45.7 Å². The molecular formula is C58H68ClN13O9. The van der Waals surface area contributed by atoms with Crippen molar-refractivity contribution in [3.05, 3.63) is 157 Å². The zero-order chi connectivity index (χ0) is 58.7. The molecule has 23 heteroatoms. The highest BCUT2D eigenvalue weighted by Crippen LogP contribution is 2.38. The number of aromatic nitrogens is 10. The van der Waals surface area contributed by atoms with Crippen LogP contribution in [0, 0.1) is 27.7 Å². The summed E-state index contributed by atoms with van der Waals surface area (Å²) in [5.41, 5.74) is 6.61. The van der Waals surface area contributed by atoms with Crippen molar-refractivity contribution < 1.29 is 20.1 Å². The molecule has 5 aliphatic heterocycles. The number of halogens is 1. The van der Waals surface area contributed by atoms with Crippen LogP contribution in [0.1, 0.15) is 99.3 Å². The van der Waals surface area contributed by atoms with Crippen LogP contribution in [0.4, 0.5) is 17.2 Å². The summed E-state index contributed by atoms with van der Waals surface area (Å²) in [6.45, 7) is 21.9. The Hall–Kier alpha value is -8.63. The average Bonchev–Trinajstić information content (AvgIpc) is 3.26. The Morgan fingerprint density at radius 3 is 1.80 bits per heavy atom. The second-order valence-corrected chi connectivity index (χ2v) is 20.7. The number of fused-ring (bicyclic) bond motifs is 6. The highest BCUT2D eigenvalue weighted by molar-refractivity contribution is 6.31. The summed E-state index contributed by atoms with van der Waals surface area (Å²) in [6.07, 6.45) is 9.05. The highest BCUT2D eigenvalue weighted by Gasteiger charge is 2.25. The lowest BCUT2D eigenvalue weighted by atomic mass is 10.1. The Bertz CT molecular complexity index is 4020. The molecule has 0 saturated carbocycles. The van der Waals surface area contributed by atoms with Crippen LogP contribution in [0.25, 0.3) is 51.7 Å². The van der Waals surface area contributed by atoms with Gasteiger partial charge in [0.2, 0.25) is 0 Å². The first kappa shape index (κ1) is 60.0. The van der Waals surface area contributed by atoms with Gasteiger partial charge >= 0.3 is 17.3 Å². The highest BCUT2D eigenvalue weighted by atomic mass is 35.5. The number of aliphatic carboxylic acids is 1. The van der Waals surface area contributed by atoms with Gasteiger partial charge in [-0.3, -0.25) is 29.1 Å². The van der Waals surface area contributed by atoms with Crippen LogP contribution in [0.3, 0.4) is 0 Å². The van der Waals surface area contributed by atoms with Crippen molar-refractivity contribution in [3.63, 3.8) is 0 Å². The van der Waals surface area contributed by atoms with E-state index in [2.05, 4.69) is 69.5 Å². The molecule has 3 aromatic carbocycles. The van der Waals surface area contributed by atoms with Gasteiger partial charge in [-0.05, 0) is 132 Å². The van der Waals surface area contributed by atoms with Gasteiger partial charge in [-0.2, -0.15) is 9.97 Å². The second-order valence-electron chi connectivity index (χ2n) is 20.3. The first-order valence-corrected chi connectivity index (χ1v) is 27.2. The van der Waals surface area contributed by atoms with Crippen LogP contribution in [0.5, 0.6) is 0 Å². The van der Waals surface area contributed by atoms with Crippen LogP contribution >= 0.6 is 11.6 Å². The van der Waals surface area contributed by atoms with Crippen molar-refractivity contribution in [2.24, 2.45) is 4.99 Å². The van der Waals surface area contributed by atoms with E-state index in [4.69, 9.17) is 21.8 Å². The zero-order valence-corrected chi connectivity index (χ0v) is 47.1. The number of allylic oxidation sites excluding steroid dienone is 2. The number of aliphatic hydroxyl groups excluding tert-OH is 2. The van der Waals surface area contributed by atoms with Crippen molar-refractivity contribution in [2.75, 3.05) is 31.6 Å². The Morgan fingerprint density at radius 1 is 0.605 bits per heavy atom. The standard InChI is InChI=1S/C20H25N5O3.C19H21ClN4O3.C19H22N4O3/c1-12-10-15-16(11-13(12)2)25(9-8-24(4)7-5-6-14(3)26)18-17(21-15)19(27)23-20(28)22-18;1-11-9-14-15(10-13(11)20)24(8-6-4-3-5-7-16(25)26)18-17(23-14)19(27)22-12(2)21-18;1-12-8-9-15-14(11-12)20-16-17(21-19(26)22-18(16)25)23(15)10-6-4-3-5-7-13(2)24/h10-11,26H,3,5-9H2,1-2,4H3,(H,23,27,28);9-10H,2-8H2,1H3,(H,22,27)(H,25,26);8-9,11,24H,2-7,10H2,1H3,(H,22,25,26). The first-order valence-electron chi connectivity index (χ1n) is 26.8. The molecule has 0 amide bonds. The van der Waals surface area contributed by atoms with Gasteiger partial charge in [0.15, 0.2) is 34.2 Å². The molecule has 81 heavy (non-hydrogen) atoms. The number of rotatable bonds is 21. The molecule has 0 saturated heterocycles. The molecule has 22 nitrogen and oxygen atoms in total. The number of aromatic amines is 3. The number of anilines is 2. The fourth-order valence-corrected chi connectivity index (χ4v) is 9.57. The molecule has 5 aliphatic rings. The summed E-state index contributed by atoms with van der Waals surface area (Å²) >= 11 is 6.31. The van der Waals surface area contributed by atoms with E-state index in [9.17, 15) is 33.9 Å². The lowest BCUT2D eigenvalue weighted by Gasteiger charge is -2.28. The van der Waals surface area contributed by atoms with E-state index in [1.165, 1.54) is 0 Å². The van der Waals surface area contributed by atoms with Crippen molar-refractivity contribution in [3.8, 4) is 23.0 Å². The maximum absolute atomic E-state index is 12.3. The number of hydrogen-bond acceptors (Lipinski definition) is 16. The van der Waals surface area contributed by atoms with Crippen molar-refractivity contribution in [1.82, 2.24) is 53.9 Å². The third-order valence-electron chi connectivity index (χ3n) is 13.8. The maximum Gasteiger partial charge on any atom is 0.349 e. The molecule has 0 radical (unpaired) electrons. The zero-order valence-electron chi connectivity index (χ0n) is 46.3. The number of carbonyl (C=O) groups is 1. The summed E-state index contributed by atoms with van der Waals surface area (Å²) in [5, 5.41) is 27.9. The molecule has 4 aromatic rings. The quantitative estimate of drug-likeness (QED) is 0.0231. The van der Waals surface area contributed by atoms with Crippen molar-refractivity contribution >= 4 is 63.4 Å². The molecule has 426 valence electrons. The van der Waals surface area contributed by atoms with Gasteiger partial charge in [-0.15, -0.1) is 0 Å². The van der Waals surface area contributed by atoms with E-state index in [0.29, 0.717) is 84.7 Å². The molecule has 0 unspecified atom stereocenters. The summed E-state index contributed by atoms with van der Waals surface area (Å²) in [6, 6.07) is 13.5. The number of aryl methyl sites for hydroxylation is 5. The minimum atomic E-state index is -0.771. The van der Waals surface area contributed by atoms with Gasteiger partial charge in [-0.25, -0.2) is 29.5 Å². The summed E-state index contributed by atoms with van der Waals surface area (Å²) < 4.78 is 3.79. The number of hydrogen-bond donors (Lipinski definition) is 6. The number of unbranched alkanes of at least 4 members (excludes halogenated alkanes) is 6. The van der Waals surface area contributed by atoms with Crippen LogP contribution in [0.15, 0.2) is 96.1 Å². The van der Waals surface area contributed by atoms with Crippen molar-refractivity contribution in [1.29, 1.82) is 0 Å². The van der Waals surface area contributed by atoms with Crippen LogP contribution < -0.4 is 43.8 Å². The average molecular weight is 1130 g/mol. The van der Waals surface area contributed by atoms with Gasteiger partial charge in [0.25, 0.3) is 16.7 Å². The smallest absolute Gasteiger partial charge is 0.349 e. The van der Waals surface area contributed by atoms with Gasteiger partial charge in [0.1, 0.15) is 5.48 Å². The summed E-state index contributed by atoms with van der Waals surface area (Å²) in [4.78, 5) is 108. The molecule has 6 N–H and O–H groups in total. The largest absolute Gasteiger partial charge is 0.513 e. The van der Waals surface area contributed by atoms with Gasteiger partial charge in [-0.1, -0.05) is 63.1 Å². The molecule has 0 spiro atoms. The number of benzene rings is 3. The molecule has 1 aromatic heterocycles. The molecular weight excluding hydrogens is 1060 g/mol. The minimum absolute atomic E-state index is 0.162. The van der Waals surface area contributed by atoms with E-state index in [0.717, 1.165) is 96.9 Å². The normalized spacial score (nSPS) is 11.7. The third kappa shape index (κ3) is 15.4. The number of carboxylic acid groups (broad SMARTS) is 1. The van der Waals surface area contributed by atoms with E-state index in [1.54, 1.807) is 0 Å². The molecule has 6 heterocycles. The van der Waals surface area contributed by atoms with Crippen molar-refractivity contribution in [2.45, 2.75) is 118 Å².